The molecule has 0 saturated carbocycles. The van der Waals surface area contributed by atoms with Crippen molar-refractivity contribution in [3.05, 3.63) is 65.4 Å². The van der Waals surface area contributed by atoms with E-state index in [1.54, 1.807) is 12.3 Å². The zero-order valence-electron chi connectivity index (χ0n) is 10.8. The monoisotopic (exact) mass is 288 g/mol. The maximum Gasteiger partial charge on any atom is 0.335 e. The highest BCUT2D eigenvalue weighted by Crippen LogP contribution is 2.16. The molecule has 0 bridgehead atoms. The van der Waals surface area contributed by atoms with Crippen molar-refractivity contribution in [2.75, 3.05) is 0 Å². The minimum Gasteiger partial charge on any atom is -0.478 e. The van der Waals surface area contributed by atoms with Crippen LogP contribution in [-0.4, -0.2) is 20.9 Å². The summed E-state index contributed by atoms with van der Waals surface area (Å²) in [6.45, 7) is 0.200. The van der Waals surface area contributed by atoms with E-state index in [1.807, 2.05) is 0 Å². The summed E-state index contributed by atoms with van der Waals surface area (Å²) in [5, 5.41) is 13.8. The van der Waals surface area contributed by atoms with Gasteiger partial charge < -0.3 is 5.11 Å². The maximum absolute atomic E-state index is 13.1. The van der Waals surface area contributed by atoms with E-state index in [9.17, 15) is 13.6 Å². The second-order valence-corrected chi connectivity index (χ2v) is 4.68. The van der Waals surface area contributed by atoms with Crippen molar-refractivity contribution < 1.29 is 18.7 Å². The Morgan fingerprint density at radius 1 is 1.14 bits per heavy atom. The summed E-state index contributed by atoms with van der Waals surface area (Å²) in [5.74, 6) is -2.30. The molecule has 6 heteroatoms. The van der Waals surface area contributed by atoms with Gasteiger partial charge in [0.25, 0.3) is 0 Å². The van der Waals surface area contributed by atoms with Gasteiger partial charge in [-0.25, -0.2) is 13.6 Å². The second kappa shape index (κ2) is 4.97. The zero-order chi connectivity index (χ0) is 15.0. The van der Waals surface area contributed by atoms with E-state index in [-0.39, 0.29) is 12.1 Å². The molecule has 0 atom stereocenters. The lowest BCUT2D eigenvalue weighted by molar-refractivity contribution is 0.0697. The fraction of sp³-hybridized carbons (Fsp3) is 0.0667. The number of rotatable bonds is 3. The number of aromatic nitrogens is 2. The van der Waals surface area contributed by atoms with Gasteiger partial charge in [-0.3, -0.25) is 4.68 Å². The molecule has 1 aromatic heterocycles. The summed E-state index contributed by atoms with van der Waals surface area (Å²) in [7, 11) is 0. The molecular formula is C15H10F2N2O2. The maximum atomic E-state index is 13.1. The molecule has 3 aromatic rings. The van der Waals surface area contributed by atoms with Gasteiger partial charge in [-0.15, -0.1) is 0 Å². The molecule has 1 heterocycles. The van der Waals surface area contributed by atoms with Crippen LogP contribution in [0.25, 0.3) is 10.9 Å². The van der Waals surface area contributed by atoms with Crippen molar-refractivity contribution in [2.24, 2.45) is 0 Å². The number of carbonyl (C=O) groups is 1. The molecule has 0 aliphatic carbocycles. The van der Waals surface area contributed by atoms with E-state index >= 15 is 0 Å². The normalized spacial score (nSPS) is 11.0. The van der Waals surface area contributed by atoms with Crippen molar-refractivity contribution in [1.29, 1.82) is 0 Å². The highest BCUT2D eigenvalue weighted by atomic mass is 19.1. The molecule has 2 aromatic carbocycles. The number of carboxylic acid groups (broad SMARTS) is 1. The van der Waals surface area contributed by atoms with Crippen molar-refractivity contribution >= 4 is 16.9 Å². The van der Waals surface area contributed by atoms with Gasteiger partial charge in [0, 0.05) is 17.6 Å². The zero-order valence-corrected chi connectivity index (χ0v) is 10.8. The highest BCUT2D eigenvalue weighted by Gasteiger charge is 2.08. The topological polar surface area (TPSA) is 55.1 Å². The van der Waals surface area contributed by atoms with Crippen molar-refractivity contribution in [3.8, 4) is 0 Å². The Bertz CT molecular complexity index is 823. The highest BCUT2D eigenvalue weighted by molar-refractivity contribution is 5.93. The minimum absolute atomic E-state index is 0.166. The van der Waals surface area contributed by atoms with Crippen LogP contribution >= 0.6 is 0 Å². The number of benzene rings is 2. The number of carboxylic acids is 1. The lowest BCUT2D eigenvalue weighted by Crippen LogP contribution is -2.01. The molecule has 0 radical (unpaired) electrons. The summed E-state index contributed by atoms with van der Waals surface area (Å²) >= 11 is 0. The van der Waals surface area contributed by atoms with Crippen LogP contribution in [0.3, 0.4) is 0 Å². The van der Waals surface area contributed by atoms with Gasteiger partial charge >= 0.3 is 5.97 Å². The fourth-order valence-electron chi connectivity index (χ4n) is 2.18. The van der Waals surface area contributed by atoms with E-state index in [2.05, 4.69) is 5.10 Å². The quantitative estimate of drug-likeness (QED) is 0.806. The molecule has 0 unspecified atom stereocenters. The number of nitrogens with zero attached hydrogens (tertiary/aromatic N) is 2. The molecule has 0 amide bonds. The van der Waals surface area contributed by atoms with Gasteiger partial charge in [0.15, 0.2) is 0 Å². The molecule has 0 aliphatic rings. The van der Waals surface area contributed by atoms with Crippen LogP contribution in [0.2, 0.25) is 0 Å². The first-order valence-corrected chi connectivity index (χ1v) is 6.17. The van der Waals surface area contributed by atoms with Gasteiger partial charge in [-0.2, -0.15) is 5.10 Å². The third kappa shape index (κ3) is 2.74. The average Bonchev–Trinajstić information content (AvgIpc) is 2.78. The first kappa shape index (κ1) is 13.2. The van der Waals surface area contributed by atoms with Crippen molar-refractivity contribution in [2.45, 2.75) is 6.54 Å². The predicted molar refractivity (Wildman–Crippen MR) is 72.2 cm³/mol. The third-order valence-corrected chi connectivity index (χ3v) is 3.07. The van der Waals surface area contributed by atoms with Gasteiger partial charge in [0.05, 0.1) is 17.6 Å². The Balaban J connectivity index is 1.95. The van der Waals surface area contributed by atoms with Crippen molar-refractivity contribution in [3.63, 3.8) is 0 Å². The summed E-state index contributed by atoms with van der Waals surface area (Å²) < 4.78 is 27.8. The Hall–Kier alpha value is -2.76. The minimum atomic E-state index is -1.02. The Morgan fingerprint density at radius 3 is 2.52 bits per heavy atom. The largest absolute Gasteiger partial charge is 0.478 e. The van der Waals surface area contributed by atoms with Crippen molar-refractivity contribution in [1.82, 2.24) is 9.78 Å². The molecule has 0 fully saturated rings. The molecule has 0 aliphatic heterocycles. The van der Waals surface area contributed by atoms with E-state index in [0.717, 1.165) is 6.07 Å². The van der Waals surface area contributed by atoms with E-state index in [1.165, 1.54) is 28.9 Å². The third-order valence-electron chi connectivity index (χ3n) is 3.07. The first-order chi connectivity index (χ1) is 10.0. The van der Waals surface area contributed by atoms with Crippen LogP contribution < -0.4 is 0 Å². The number of aromatic carboxylic acids is 1. The molecule has 0 spiro atoms. The van der Waals surface area contributed by atoms with Gasteiger partial charge in [0.2, 0.25) is 0 Å². The summed E-state index contributed by atoms with van der Waals surface area (Å²) in [6.07, 6.45) is 1.64. The fourth-order valence-corrected chi connectivity index (χ4v) is 2.18. The van der Waals surface area contributed by atoms with Crippen LogP contribution in [0.4, 0.5) is 8.78 Å². The van der Waals surface area contributed by atoms with Crippen LogP contribution in [0, 0.1) is 11.6 Å². The second-order valence-electron chi connectivity index (χ2n) is 4.68. The smallest absolute Gasteiger partial charge is 0.335 e. The lowest BCUT2D eigenvalue weighted by Gasteiger charge is -2.02. The van der Waals surface area contributed by atoms with Crippen LogP contribution in [-0.2, 0) is 6.54 Å². The predicted octanol–water partition coefficient (Wildman–Crippen LogP) is 3.06. The van der Waals surface area contributed by atoms with Gasteiger partial charge in [-0.05, 0) is 35.9 Å². The first-order valence-electron chi connectivity index (χ1n) is 6.17. The number of hydrogen-bond donors (Lipinski definition) is 1. The summed E-state index contributed by atoms with van der Waals surface area (Å²) in [4.78, 5) is 10.9. The SMILES string of the molecule is O=C(O)c1ccc2nn(Cc3cc(F)cc(F)c3)cc2c1. The molecule has 1 N–H and O–H groups in total. The molecule has 0 saturated heterocycles. The van der Waals surface area contributed by atoms with E-state index in [0.29, 0.717) is 16.5 Å². The van der Waals surface area contributed by atoms with Crippen LogP contribution in [0.1, 0.15) is 15.9 Å². The average molecular weight is 288 g/mol. The molecule has 4 nitrogen and oxygen atoms in total. The number of hydrogen-bond acceptors (Lipinski definition) is 2. The van der Waals surface area contributed by atoms with Gasteiger partial charge in [0.1, 0.15) is 11.6 Å². The summed E-state index contributed by atoms with van der Waals surface area (Å²) in [5.41, 5.74) is 1.23. The van der Waals surface area contributed by atoms with Crippen LogP contribution in [0.15, 0.2) is 42.6 Å². The molecule has 3 rings (SSSR count). The Kier molecular flexibility index (Phi) is 3.13. The van der Waals surface area contributed by atoms with Gasteiger partial charge in [-0.1, -0.05) is 0 Å². The number of halogens is 2. The van der Waals surface area contributed by atoms with E-state index < -0.39 is 17.6 Å². The molecule has 21 heavy (non-hydrogen) atoms. The summed E-state index contributed by atoms with van der Waals surface area (Å²) in [6, 6.07) is 7.84. The van der Waals surface area contributed by atoms with E-state index in [4.69, 9.17) is 5.11 Å². The Morgan fingerprint density at radius 2 is 1.86 bits per heavy atom. The standard InChI is InChI=1S/C15H10F2N2O2/c16-12-3-9(4-13(17)6-12)7-19-8-11-5-10(15(20)21)1-2-14(11)18-19/h1-6,8H,7H2,(H,20,21). The molecule has 106 valence electrons. The Labute approximate surface area is 118 Å². The number of fused-ring (bicyclic) bond motifs is 1. The molecular weight excluding hydrogens is 278 g/mol. The lowest BCUT2D eigenvalue weighted by atomic mass is 10.2. The van der Waals surface area contributed by atoms with Crippen LogP contribution in [0.5, 0.6) is 0 Å².